The van der Waals surface area contributed by atoms with E-state index in [1.54, 1.807) is 6.92 Å². The van der Waals surface area contributed by atoms with E-state index in [4.69, 9.17) is 0 Å². The zero-order chi connectivity index (χ0) is 15.9. The molecule has 0 aliphatic carbocycles. The number of hydrogen-bond donors (Lipinski definition) is 0. The van der Waals surface area contributed by atoms with Crippen LogP contribution in [0.25, 0.3) is 6.08 Å². The Bertz CT molecular complexity index is 533. The minimum atomic E-state index is -1.16. The van der Waals surface area contributed by atoms with Gasteiger partial charge in [0.2, 0.25) is 5.91 Å². The molecule has 1 aliphatic heterocycles. The molecule has 0 saturated carbocycles. The molecule has 0 N–H and O–H groups in total. The fourth-order valence-corrected chi connectivity index (χ4v) is 3.53. The Kier molecular flexibility index (Phi) is 6.37. The van der Waals surface area contributed by atoms with Crippen molar-refractivity contribution in [3.05, 3.63) is 42.0 Å². The lowest BCUT2D eigenvalue weighted by molar-refractivity contribution is -0.131. The van der Waals surface area contributed by atoms with Crippen molar-refractivity contribution in [1.82, 2.24) is 4.90 Å². The lowest BCUT2D eigenvalue weighted by atomic mass is 9.99. The Morgan fingerprint density at radius 2 is 1.95 bits per heavy atom. The Balaban J connectivity index is 1.84. The molecular formula is C18H25NO2S. The van der Waals surface area contributed by atoms with Crippen LogP contribution in [0.4, 0.5) is 0 Å². The molecule has 0 aromatic heterocycles. The monoisotopic (exact) mass is 319 g/mol. The molecule has 1 aliphatic rings. The largest absolute Gasteiger partial charge is 0.342 e. The van der Waals surface area contributed by atoms with Crippen LogP contribution in [0.1, 0.15) is 32.3 Å². The summed E-state index contributed by atoms with van der Waals surface area (Å²) in [6.07, 6.45) is 5.96. The third kappa shape index (κ3) is 4.80. The number of hydrogen-bond acceptors (Lipinski definition) is 2. The molecule has 22 heavy (non-hydrogen) atoms. The van der Waals surface area contributed by atoms with E-state index in [0.29, 0.717) is 11.7 Å². The molecule has 1 aromatic carbocycles. The van der Waals surface area contributed by atoms with Gasteiger partial charge in [-0.1, -0.05) is 49.4 Å². The van der Waals surface area contributed by atoms with E-state index in [1.807, 2.05) is 47.4 Å². The van der Waals surface area contributed by atoms with Crippen LogP contribution in [0, 0.1) is 5.92 Å². The smallest absolute Gasteiger partial charge is 0.238 e. The third-order valence-electron chi connectivity index (χ3n) is 4.21. The molecule has 0 radical (unpaired) electrons. The topological polar surface area (TPSA) is 37.4 Å². The molecule has 1 fully saturated rings. The van der Waals surface area contributed by atoms with E-state index in [2.05, 4.69) is 6.92 Å². The second-order valence-corrected chi connectivity index (χ2v) is 7.81. The van der Waals surface area contributed by atoms with Crippen molar-refractivity contribution in [2.75, 3.05) is 18.8 Å². The summed E-state index contributed by atoms with van der Waals surface area (Å²) in [5.74, 6) is 1.16. The Morgan fingerprint density at radius 1 is 1.32 bits per heavy atom. The molecule has 1 amide bonds. The van der Waals surface area contributed by atoms with Gasteiger partial charge in [0.15, 0.2) is 0 Å². The minimum absolute atomic E-state index is 0.0401. The summed E-state index contributed by atoms with van der Waals surface area (Å²) in [4.78, 5) is 14.3. The quantitative estimate of drug-likeness (QED) is 0.836. The molecule has 1 aromatic rings. The zero-order valence-electron chi connectivity index (χ0n) is 13.4. The van der Waals surface area contributed by atoms with Gasteiger partial charge in [-0.05, 0) is 31.2 Å². The van der Waals surface area contributed by atoms with Crippen LogP contribution in [0.2, 0.25) is 0 Å². The second-order valence-electron chi connectivity index (χ2n) is 6.01. The fourth-order valence-electron chi connectivity index (χ4n) is 2.59. The highest BCUT2D eigenvalue weighted by molar-refractivity contribution is 7.86. The van der Waals surface area contributed by atoms with Gasteiger partial charge in [-0.3, -0.25) is 9.00 Å². The minimum Gasteiger partial charge on any atom is -0.342 e. The second kappa shape index (κ2) is 8.28. The predicted molar refractivity (Wildman–Crippen MR) is 92.9 cm³/mol. The van der Waals surface area contributed by atoms with E-state index >= 15 is 0 Å². The summed E-state index contributed by atoms with van der Waals surface area (Å²) in [5.41, 5.74) is 1.09. The van der Waals surface area contributed by atoms with Crippen molar-refractivity contribution in [3.8, 4) is 0 Å². The summed E-state index contributed by atoms with van der Waals surface area (Å²) in [6, 6.07) is 9.92. The van der Waals surface area contributed by atoms with E-state index in [9.17, 15) is 9.00 Å². The molecule has 2 atom stereocenters. The number of carbonyl (C=O) groups is 1. The van der Waals surface area contributed by atoms with Crippen molar-refractivity contribution in [2.45, 2.75) is 31.9 Å². The first-order valence-corrected chi connectivity index (χ1v) is 9.33. The van der Waals surface area contributed by atoms with Crippen molar-refractivity contribution in [1.29, 1.82) is 0 Å². The molecule has 0 bridgehead atoms. The first-order valence-electron chi connectivity index (χ1n) is 7.95. The van der Waals surface area contributed by atoms with Crippen molar-refractivity contribution in [2.24, 2.45) is 5.92 Å². The van der Waals surface area contributed by atoms with Gasteiger partial charge in [0, 0.05) is 29.6 Å². The van der Waals surface area contributed by atoms with Crippen LogP contribution in [0.3, 0.4) is 0 Å². The molecule has 3 nitrogen and oxygen atoms in total. The summed E-state index contributed by atoms with van der Waals surface area (Å²) < 4.78 is 12.3. The average molecular weight is 319 g/mol. The van der Waals surface area contributed by atoms with Gasteiger partial charge in [-0.25, -0.2) is 0 Å². The molecule has 2 rings (SSSR count). The lowest BCUT2D eigenvalue weighted by Crippen LogP contribution is -2.44. The molecule has 120 valence electrons. The number of piperidine rings is 1. The molecule has 0 spiro atoms. The Labute approximate surface area is 135 Å². The van der Waals surface area contributed by atoms with E-state index in [0.717, 1.165) is 31.5 Å². The number of amides is 1. The molecule has 0 unspecified atom stereocenters. The first-order chi connectivity index (χ1) is 10.6. The van der Waals surface area contributed by atoms with Crippen LogP contribution < -0.4 is 0 Å². The summed E-state index contributed by atoms with van der Waals surface area (Å²) in [7, 11) is -1.16. The molecular weight excluding hydrogens is 294 g/mol. The number of likely N-dealkylation sites (tertiary alicyclic amines) is 1. The highest BCUT2D eigenvalue weighted by atomic mass is 32.2. The van der Waals surface area contributed by atoms with Gasteiger partial charge < -0.3 is 4.90 Å². The standard InChI is InChI=1S/C18H25NO2S/c1-15-10-12-19(13-11-15)18(20)16(2)22(21)14-6-9-17-7-4-3-5-8-17/h3-9,15-16H,10-14H2,1-2H3/b9-6+/t16-,22-/m0/s1. The maximum Gasteiger partial charge on any atom is 0.238 e. The van der Waals surface area contributed by atoms with Gasteiger partial charge in [0.05, 0.1) is 0 Å². The summed E-state index contributed by atoms with van der Waals surface area (Å²) in [6.45, 7) is 5.62. The maximum absolute atomic E-state index is 12.4. The van der Waals surface area contributed by atoms with Gasteiger partial charge in [0.1, 0.15) is 5.25 Å². The first kappa shape index (κ1) is 16.9. The predicted octanol–water partition coefficient (Wildman–Crippen LogP) is 3.10. The lowest BCUT2D eigenvalue weighted by Gasteiger charge is -2.31. The highest BCUT2D eigenvalue weighted by Crippen LogP contribution is 2.17. The number of nitrogens with zero attached hydrogens (tertiary/aromatic N) is 1. The van der Waals surface area contributed by atoms with Crippen LogP contribution in [0.5, 0.6) is 0 Å². The normalized spacial score (nSPS) is 19.3. The van der Waals surface area contributed by atoms with Gasteiger partial charge >= 0.3 is 0 Å². The number of rotatable bonds is 5. The van der Waals surface area contributed by atoms with Gasteiger partial charge in [0.25, 0.3) is 0 Å². The SMILES string of the molecule is CC1CCN(C(=O)[C@H](C)[S@@](=O)C/C=C/c2ccccc2)CC1. The Hall–Kier alpha value is -1.42. The van der Waals surface area contributed by atoms with Crippen LogP contribution in [0.15, 0.2) is 36.4 Å². The molecule has 1 heterocycles. The molecule has 1 saturated heterocycles. The van der Waals surface area contributed by atoms with Crippen LogP contribution in [-0.4, -0.2) is 39.1 Å². The van der Waals surface area contributed by atoms with E-state index in [1.165, 1.54) is 0 Å². The summed E-state index contributed by atoms with van der Waals surface area (Å²) >= 11 is 0. The zero-order valence-corrected chi connectivity index (χ0v) is 14.2. The van der Waals surface area contributed by atoms with Crippen molar-refractivity contribution in [3.63, 3.8) is 0 Å². The number of carbonyl (C=O) groups excluding carboxylic acids is 1. The Morgan fingerprint density at radius 3 is 2.59 bits per heavy atom. The van der Waals surface area contributed by atoms with Gasteiger partial charge in [-0.15, -0.1) is 0 Å². The molecule has 4 heteroatoms. The van der Waals surface area contributed by atoms with Crippen molar-refractivity contribution >= 4 is 22.8 Å². The van der Waals surface area contributed by atoms with Crippen molar-refractivity contribution < 1.29 is 9.00 Å². The average Bonchev–Trinajstić information content (AvgIpc) is 2.55. The fraction of sp³-hybridized carbons (Fsp3) is 0.500. The highest BCUT2D eigenvalue weighted by Gasteiger charge is 2.27. The van der Waals surface area contributed by atoms with Gasteiger partial charge in [-0.2, -0.15) is 0 Å². The van der Waals surface area contributed by atoms with Crippen LogP contribution >= 0.6 is 0 Å². The van der Waals surface area contributed by atoms with E-state index < -0.39 is 16.0 Å². The van der Waals surface area contributed by atoms with Crippen LogP contribution in [-0.2, 0) is 15.6 Å². The maximum atomic E-state index is 12.4. The van der Waals surface area contributed by atoms with E-state index in [-0.39, 0.29) is 5.91 Å². The third-order valence-corrected chi connectivity index (χ3v) is 5.72. The summed E-state index contributed by atoms with van der Waals surface area (Å²) in [5, 5.41) is -0.422. The number of benzene rings is 1.